The topological polar surface area (TPSA) is 76.2 Å². The molecule has 1 rings (SSSR count). The van der Waals surface area contributed by atoms with E-state index in [0.29, 0.717) is 24.5 Å². The molecule has 0 saturated carbocycles. The number of hydrogen-bond acceptors (Lipinski definition) is 4. The lowest BCUT2D eigenvalue weighted by Crippen LogP contribution is -2.10. The predicted octanol–water partition coefficient (Wildman–Crippen LogP) is 3.96. The van der Waals surface area contributed by atoms with Crippen LogP contribution >= 0.6 is 11.6 Å². The maximum absolute atomic E-state index is 10.8. The smallest absolute Gasteiger partial charge is 0.311 e. The van der Waals surface area contributed by atoms with Gasteiger partial charge in [-0.1, -0.05) is 11.6 Å². The van der Waals surface area contributed by atoms with E-state index in [0.717, 1.165) is 0 Å². The second kappa shape index (κ2) is 6.39. The maximum Gasteiger partial charge on any atom is 0.311 e. The van der Waals surface area contributed by atoms with Gasteiger partial charge >= 0.3 is 5.69 Å². The van der Waals surface area contributed by atoms with Crippen molar-refractivity contribution in [3.05, 3.63) is 33.3 Å². The van der Waals surface area contributed by atoms with E-state index in [9.17, 15) is 10.1 Å². The Labute approximate surface area is 116 Å². The third kappa shape index (κ3) is 4.76. The highest BCUT2D eigenvalue weighted by Crippen LogP contribution is 2.30. The number of benzene rings is 1. The molecule has 0 atom stereocenters. The summed E-state index contributed by atoms with van der Waals surface area (Å²) in [5.74, 6) is 0.160. The molecule has 1 aromatic carbocycles. The average molecular weight is 283 g/mol. The second-order valence-electron chi connectivity index (χ2n) is 4.82. The van der Waals surface area contributed by atoms with E-state index in [1.165, 1.54) is 18.2 Å². The van der Waals surface area contributed by atoms with Crippen LogP contribution in [0.4, 0.5) is 5.69 Å². The van der Waals surface area contributed by atoms with Gasteiger partial charge in [-0.05, 0) is 32.8 Å². The summed E-state index contributed by atoms with van der Waals surface area (Å²) in [7, 11) is 0. The van der Waals surface area contributed by atoms with Crippen LogP contribution in [0.1, 0.15) is 26.7 Å². The van der Waals surface area contributed by atoms with E-state index in [1.54, 1.807) is 0 Å². The molecule has 19 heavy (non-hydrogen) atoms. The lowest BCUT2D eigenvalue weighted by atomic mass is 9.90. The fraction of sp³-hybridized carbons (Fsp3) is 0.462. The molecule has 0 unspecified atom stereocenters. The summed E-state index contributed by atoms with van der Waals surface area (Å²) in [6, 6.07) is 6.39. The Kier molecular flexibility index (Phi) is 5.13. The number of nitro groups is 1. The van der Waals surface area contributed by atoms with Crippen molar-refractivity contribution in [3.8, 4) is 11.8 Å². The van der Waals surface area contributed by atoms with Crippen LogP contribution < -0.4 is 4.74 Å². The van der Waals surface area contributed by atoms with Crippen molar-refractivity contribution in [3.63, 3.8) is 0 Å². The summed E-state index contributed by atoms with van der Waals surface area (Å²) >= 11 is 5.78. The molecule has 5 nitrogen and oxygen atoms in total. The summed E-state index contributed by atoms with van der Waals surface area (Å²) in [6.07, 6.45) is 1.31. The first-order valence-corrected chi connectivity index (χ1v) is 6.21. The molecule has 1 aromatic rings. The van der Waals surface area contributed by atoms with Gasteiger partial charge in [0.1, 0.15) is 0 Å². The van der Waals surface area contributed by atoms with Crippen molar-refractivity contribution in [2.75, 3.05) is 6.61 Å². The zero-order valence-electron chi connectivity index (χ0n) is 10.9. The van der Waals surface area contributed by atoms with Crippen LogP contribution in [0.5, 0.6) is 5.75 Å². The SMILES string of the molecule is CC(C)(C#N)CCCOc1cc(Cl)ccc1[N+](=O)[O-]. The number of ether oxygens (including phenoxy) is 1. The highest BCUT2D eigenvalue weighted by molar-refractivity contribution is 6.30. The third-order valence-electron chi connectivity index (χ3n) is 2.62. The quantitative estimate of drug-likeness (QED) is 0.449. The van der Waals surface area contributed by atoms with Gasteiger partial charge in [0, 0.05) is 17.2 Å². The highest BCUT2D eigenvalue weighted by atomic mass is 35.5. The molecule has 0 fully saturated rings. The van der Waals surface area contributed by atoms with Crippen LogP contribution in [0.2, 0.25) is 5.02 Å². The molecule has 0 amide bonds. The summed E-state index contributed by atoms with van der Waals surface area (Å²) in [6.45, 7) is 4.00. The summed E-state index contributed by atoms with van der Waals surface area (Å²) in [5.41, 5.74) is -0.521. The Morgan fingerprint density at radius 1 is 1.53 bits per heavy atom. The van der Waals surface area contributed by atoms with Gasteiger partial charge in [0.05, 0.1) is 23.0 Å². The van der Waals surface area contributed by atoms with E-state index in [4.69, 9.17) is 21.6 Å². The first-order chi connectivity index (χ1) is 8.85. The van der Waals surface area contributed by atoms with Crippen molar-refractivity contribution in [1.82, 2.24) is 0 Å². The average Bonchev–Trinajstić information content (AvgIpc) is 2.34. The molecule has 0 aromatic heterocycles. The predicted molar refractivity (Wildman–Crippen MR) is 72.2 cm³/mol. The molecule has 0 aliphatic carbocycles. The van der Waals surface area contributed by atoms with Gasteiger partial charge < -0.3 is 4.74 Å². The van der Waals surface area contributed by atoms with Gasteiger partial charge in [0.15, 0.2) is 5.75 Å². The van der Waals surface area contributed by atoms with Crippen molar-refractivity contribution in [1.29, 1.82) is 5.26 Å². The van der Waals surface area contributed by atoms with Crippen LogP contribution in [0.25, 0.3) is 0 Å². The van der Waals surface area contributed by atoms with Gasteiger partial charge in [0.2, 0.25) is 0 Å². The van der Waals surface area contributed by atoms with Gasteiger partial charge in [0.25, 0.3) is 0 Å². The van der Waals surface area contributed by atoms with E-state index in [2.05, 4.69) is 6.07 Å². The van der Waals surface area contributed by atoms with Gasteiger partial charge in [-0.25, -0.2) is 0 Å². The minimum Gasteiger partial charge on any atom is -0.487 e. The number of halogens is 1. The Morgan fingerprint density at radius 3 is 2.79 bits per heavy atom. The molecule has 0 N–H and O–H groups in total. The summed E-state index contributed by atoms with van der Waals surface area (Å²) in [4.78, 5) is 10.3. The highest BCUT2D eigenvalue weighted by Gasteiger charge is 2.18. The molecular formula is C13H15ClN2O3. The van der Waals surface area contributed by atoms with Crippen LogP contribution in [-0.2, 0) is 0 Å². The lowest BCUT2D eigenvalue weighted by Gasteiger charge is -2.14. The second-order valence-corrected chi connectivity index (χ2v) is 5.25. The van der Waals surface area contributed by atoms with E-state index < -0.39 is 10.3 Å². The largest absolute Gasteiger partial charge is 0.487 e. The zero-order valence-corrected chi connectivity index (χ0v) is 11.6. The van der Waals surface area contributed by atoms with Crippen molar-refractivity contribution in [2.24, 2.45) is 5.41 Å². The van der Waals surface area contributed by atoms with Gasteiger partial charge in [-0.3, -0.25) is 10.1 Å². The fourth-order valence-corrected chi connectivity index (χ4v) is 1.67. The minimum absolute atomic E-state index is 0.107. The first-order valence-electron chi connectivity index (χ1n) is 5.84. The molecule has 0 aliphatic heterocycles. The molecule has 0 bridgehead atoms. The normalized spacial score (nSPS) is 10.8. The van der Waals surface area contributed by atoms with E-state index >= 15 is 0 Å². The molecule has 0 saturated heterocycles. The van der Waals surface area contributed by atoms with Gasteiger partial charge in [-0.15, -0.1) is 0 Å². The molecule has 0 radical (unpaired) electrons. The zero-order chi connectivity index (χ0) is 14.5. The molecule has 0 heterocycles. The number of nitrogens with zero attached hydrogens (tertiary/aromatic N) is 2. The van der Waals surface area contributed by atoms with Crippen LogP contribution in [0, 0.1) is 26.9 Å². The molecular weight excluding hydrogens is 268 g/mol. The number of nitro benzene ring substituents is 1. The summed E-state index contributed by atoms with van der Waals surface area (Å²) < 4.78 is 5.38. The monoisotopic (exact) mass is 282 g/mol. The number of rotatable bonds is 6. The lowest BCUT2D eigenvalue weighted by molar-refractivity contribution is -0.385. The number of hydrogen-bond donors (Lipinski definition) is 0. The molecule has 6 heteroatoms. The number of nitriles is 1. The van der Waals surface area contributed by atoms with Crippen molar-refractivity contribution < 1.29 is 9.66 Å². The van der Waals surface area contributed by atoms with E-state index in [1.807, 2.05) is 13.8 Å². The Balaban J connectivity index is 2.61. The van der Waals surface area contributed by atoms with Gasteiger partial charge in [-0.2, -0.15) is 5.26 Å². The Hall–Kier alpha value is -1.80. The standard InChI is InChI=1S/C13H15ClN2O3/c1-13(2,9-15)6-3-7-19-12-8-10(14)4-5-11(12)16(17)18/h4-5,8H,3,6-7H2,1-2H3. The van der Waals surface area contributed by atoms with Crippen LogP contribution in [0.3, 0.4) is 0 Å². The molecule has 0 aliphatic rings. The van der Waals surface area contributed by atoms with Crippen LogP contribution in [-0.4, -0.2) is 11.5 Å². The maximum atomic E-state index is 10.8. The minimum atomic E-state index is -0.509. The van der Waals surface area contributed by atoms with Crippen molar-refractivity contribution in [2.45, 2.75) is 26.7 Å². The summed E-state index contributed by atoms with van der Waals surface area (Å²) in [5, 5.41) is 20.1. The first kappa shape index (κ1) is 15.3. The molecule has 102 valence electrons. The van der Waals surface area contributed by atoms with Crippen LogP contribution in [0.15, 0.2) is 18.2 Å². The van der Waals surface area contributed by atoms with E-state index in [-0.39, 0.29) is 11.4 Å². The Bertz CT molecular complexity index is 509. The van der Waals surface area contributed by atoms with Crippen molar-refractivity contribution >= 4 is 17.3 Å². The fourth-order valence-electron chi connectivity index (χ4n) is 1.51. The Morgan fingerprint density at radius 2 is 2.21 bits per heavy atom. The third-order valence-corrected chi connectivity index (χ3v) is 2.86. The molecule has 0 spiro atoms.